The number of aryl methyl sites for hydroxylation is 2. The summed E-state index contributed by atoms with van der Waals surface area (Å²) in [6.45, 7) is 6.77. The van der Waals surface area contributed by atoms with Crippen molar-refractivity contribution in [3.8, 4) is 11.4 Å². The van der Waals surface area contributed by atoms with Crippen molar-refractivity contribution in [2.24, 2.45) is 7.05 Å². The van der Waals surface area contributed by atoms with Crippen molar-refractivity contribution in [3.05, 3.63) is 71.8 Å². The lowest BCUT2D eigenvalue weighted by molar-refractivity contribution is 0.0523. The second-order valence-corrected chi connectivity index (χ2v) is 9.64. The van der Waals surface area contributed by atoms with Crippen molar-refractivity contribution in [1.29, 1.82) is 0 Å². The molecule has 1 aliphatic heterocycles. The first kappa shape index (κ1) is 23.4. The molecule has 1 aromatic carbocycles. The van der Waals surface area contributed by atoms with E-state index in [1.807, 2.05) is 60.0 Å². The maximum absolute atomic E-state index is 13.0. The minimum atomic E-state index is -0.0787. The lowest BCUT2D eigenvalue weighted by Gasteiger charge is -2.36. The van der Waals surface area contributed by atoms with Gasteiger partial charge in [0.2, 0.25) is 11.7 Å². The van der Waals surface area contributed by atoms with Gasteiger partial charge in [0.05, 0.1) is 11.8 Å². The minimum absolute atomic E-state index is 0.0303. The topological polar surface area (TPSA) is 93.4 Å². The van der Waals surface area contributed by atoms with Gasteiger partial charge >= 0.3 is 0 Å². The van der Waals surface area contributed by atoms with Gasteiger partial charge in [-0.2, -0.15) is 4.98 Å². The van der Waals surface area contributed by atoms with Crippen LogP contribution in [0.3, 0.4) is 0 Å². The fourth-order valence-corrected chi connectivity index (χ4v) is 4.87. The van der Waals surface area contributed by atoms with E-state index < -0.39 is 0 Å². The van der Waals surface area contributed by atoms with Gasteiger partial charge in [0.15, 0.2) is 10.9 Å². The molecule has 1 fully saturated rings. The number of benzene rings is 1. The molecule has 9 nitrogen and oxygen atoms in total. The normalized spacial score (nSPS) is 15.5. The Morgan fingerprint density at radius 3 is 2.60 bits per heavy atom. The molecule has 0 spiro atoms. The van der Waals surface area contributed by atoms with E-state index in [1.54, 1.807) is 24.0 Å². The van der Waals surface area contributed by atoms with Crippen molar-refractivity contribution in [2.45, 2.75) is 30.8 Å². The molecule has 1 atom stereocenters. The summed E-state index contributed by atoms with van der Waals surface area (Å²) >= 11 is 1.58. The number of rotatable bonds is 7. The van der Waals surface area contributed by atoms with E-state index in [0.29, 0.717) is 36.3 Å². The molecule has 182 valence electrons. The van der Waals surface area contributed by atoms with E-state index in [2.05, 4.69) is 26.9 Å². The molecule has 35 heavy (non-hydrogen) atoms. The summed E-state index contributed by atoms with van der Waals surface area (Å²) in [4.78, 5) is 26.0. The number of carbonyl (C=O) groups excluding carboxylic acids is 1. The van der Waals surface area contributed by atoms with Gasteiger partial charge in [-0.15, -0.1) is 0 Å². The van der Waals surface area contributed by atoms with Crippen LogP contribution >= 0.6 is 11.8 Å². The van der Waals surface area contributed by atoms with Crippen LogP contribution < -0.4 is 0 Å². The number of amides is 1. The van der Waals surface area contributed by atoms with Crippen LogP contribution in [0.25, 0.3) is 11.4 Å². The van der Waals surface area contributed by atoms with Gasteiger partial charge < -0.3 is 18.4 Å². The molecule has 4 heterocycles. The molecular formula is C25H28N6O3S. The summed E-state index contributed by atoms with van der Waals surface area (Å²) in [6, 6.07) is 11.7. The average Bonchev–Trinajstić information content (AvgIpc) is 3.64. The summed E-state index contributed by atoms with van der Waals surface area (Å²) in [5.74, 6) is 2.86. The number of furan rings is 1. The molecule has 0 bridgehead atoms. The summed E-state index contributed by atoms with van der Waals surface area (Å²) in [5.41, 5.74) is 2.12. The van der Waals surface area contributed by atoms with Crippen molar-refractivity contribution >= 4 is 17.7 Å². The first-order valence-corrected chi connectivity index (χ1v) is 12.6. The Kier molecular flexibility index (Phi) is 6.74. The number of aromatic nitrogens is 4. The number of nitrogens with zero attached hydrogens (tertiary/aromatic N) is 6. The second-order valence-electron chi connectivity index (χ2n) is 8.70. The Hall–Kier alpha value is -3.37. The van der Waals surface area contributed by atoms with Crippen LogP contribution in [-0.4, -0.2) is 61.6 Å². The molecule has 0 saturated carbocycles. The lowest BCUT2D eigenvalue weighted by atomic mass is 10.1. The Morgan fingerprint density at radius 1 is 1.11 bits per heavy atom. The molecule has 0 N–H and O–H groups in total. The van der Waals surface area contributed by atoms with E-state index in [4.69, 9.17) is 8.94 Å². The van der Waals surface area contributed by atoms with Crippen LogP contribution in [0.1, 0.15) is 40.7 Å². The third kappa shape index (κ3) is 5.18. The molecule has 1 aliphatic rings. The molecule has 4 aromatic rings. The quantitative estimate of drug-likeness (QED) is 0.355. The average molecular weight is 493 g/mol. The van der Waals surface area contributed by atoms with E-state index in [1.165, 1.54) is 5.56 Å². The van der Waals surface area contributed by atoms with Crippen molar-refractivity contribution in [3.63, 3.8) is 0 Å². The smallest absolute Gasteiger partial charge is 0.289 e. The highest BCUT2D eigenvalue weighted by atomic mass is 32.2. The predicted molar refractivity (Wildman–Crippen MR) is 132 cm³/mol. The summed E-state index contributed by atoms with van der Waals surface area (Å²) < 4.78 is 13.4. The molecule has 10 heteroatoms. The van der Waals surface area contributed by atoms with E-state index in [9.17, 15) is 4.79 Å². The van der Waals surface area contributed by atoms with Crippen LogP contribution in [0.5, 0.6) is 0 Å². The van der Waals surface area contributed by atoms with Gasteiger partial charge in [0.25, 0.3) is 5.91 Å². The standard InChI is InChI=1S/C25H28N6O3S/c1-17-4-6-19(7-5-17)22-27-23(34-28-22)18(2)30-12-14-31(15-13-30)24(32)21-9-8-20(33-21)16-35-25-26-10-11-29(25)3/h4-11,18H,12-16H2,1-3H3. The molecule has 3 aromatic heterocycles. The zero-order valence-corrected chi connectivity index (χ0v) is 20.9. The zero-order chi connectivity index (χ0) is 24.4. The van der Waals surface area contributed by atoms with Gasteiger partial charge in [-0.25, -0.2) is 4.98 Å². The van der Waals surface area contributed by atoms with Gasteiger partial charge in [-0.3, -0.25) is 9.69 Å². The van der Waals surface area contributed by atoms with Crippen LogP contribution in [0.2, 0.25) is 0 Å². The molecule has 1 unspecified atom stereocenters. The molecule has 1 amide bonds. The van der Waals surface area contributed by atoms with Crippen LogP contribution in [0.15, 0.2) is 62.9 Å². The van der Waals surface area contributed by atoms with Crippen LogP contribution in [-0.2, 0) is 12.8 Å². The van der Waals surface area contributed by atoms with E-state index in [0.717, 1.165) is 29.6 Å². The van der Waals surface area contributed by atoms with E-state index >= 15 is 0 Å². The highest BCUT2D eigenvalue weighted by molar-refractivity contribution is 7.98. The molecule has 5 rings (SSSR count). The number of hydrogen-bond donors (Lipinski definition) is 0. The highest BCUT2D eigenvalue weighted by Gasteiger charge is 2.29. The SMILES string of the molecule is Cc1ccc(-c2noc(C(C)N3CCN(C(=O)c4ccc(CSc5nccn5C)o4)CC3)n2)cc1. The predicted octanol–water partition coefficient (Wildman–Crippen LogP) is 4.18. The van der Waals surface area contributed by atoms with Crippen LogP contribution in [0, 0.1) is 6.92 Å². The zero-order valence-electron chi connectivity index (χ0n) is 20.0. The third-order valence-corrected chi connectivity index (χ3v) is 7.33. The Bertz CT molecular complexity index is 1290. The van der Waals surface area contributed by atoms with Crippen molar-refractivity contribution in [1.82, 2.24) is 29.5 Å². The second kappa shape index (κ2) is 10.1. The third-order valence-electron chi connectivity index (χ3n) is 6.25. The first-order chi connectivity index (χ1) is 17.0. The van der Waals surface area contributed by atoms with Gasteiger partial charge in [0.1, 0.15) is 5.76 Å². The molecule has 0 aliphatic carbocycles. The minimum Gasteiger partial charge on any atom is -0.455 e. The number of thioether (sulfide) groups is 1. The molecular weight excluding hydrogens is 464 g/mol. The number of hydrogen-bond acceptors (Lipinski definition) is 8. The van der Waals surface area contributed by atoms with Crippen molar-refractivity contribution < 1.29 is 13.7 Å². The Morgan fingerprint density at radius 2 is 1.89 bits per heavy atom. The Balaban J connectivity index is 1.15. The maximum atomic E-state index is 13.0. The molecule has 0 radical (unpaired) electrons. The Labute approximate surface area is 208 Å². The highest BCUT2D eigenvalue weighted by Crippen LogP contribution is 2.25. The van der Waals surface area contributed by atoms with Gasteiger partial charge in [0, 0.05) is 51.2 Å². The number of piperazine rings is 1. The van der Waals surface area contributed by atoms with Crippen molar-refractivity contribution in [2.75, 3.05) is 26.2 Å². The largest absolute Gasteiger partial charge is 0.455 e. The fourth-order valence-electron chi connectivity index (χ4n) is 4.05. The number of carbonyl (C=O) groups is 1. The monoisotopic (exact) mass is 492 g/mol. The maximum Gasteiger partial charge on any atom is 0.289 e. The molecule has 1 saturated heterocycles. The number of imidazole rings is 1. The summed E-state index contributed by atoms with van der Waals surface area (Å²) in [7, 11) is 1.95. The van der Waals surface area contributed by atoms with Gasteiger partial charge in [-0.1, -0.05) is 46.7 Å². The summed E-state index contributed by atoms with van der Waals surface area (Å²) in [6.07, 6.45) is 3.67. The van der Waals surface area contributed by atoms with E-state index in [-0.39, 0.29) is 11.9 Å². The van der Waals surface area contributed by atoms with Gasteiger partial charge in [-0.05, 0) is 26.0 Å². The fraction of sp³-hybridized carbons (Fsp3) is 0.360. The lowest BCUT2D eigenvalue weighted by Crippen LogP contribution is -2.49. The summed E-state index contributed by atoms with van der Waals surface area (Å²) in [5, 5.41) is 5.07. The van der Waals surface area contributed by atoms with Crippen LogP contribution in [0.4, 0.5) is 0 Å². The first-order valence-electron chi connectivity index (χ1n) is 11.6.